The lowest BCUT2D eigenvalue weighted by Crippen LogP contribution is -1.73. The molecule has 3 heteroatoms. The summed E-state index contributed by atoms with van der Waals surface area (Å²) in [5.41, 5.74) is -0.458. The first-order chi connectivity index (χ1) is 10.8. The summed E-state index contributed by atoms with van der Waals surface area (Å²) in [4.78, 5) is 2.72. The van der Waals surface area contributed by atoms with Gasteiger partial charge in [-0.3, -0.25) is 0 Å². The Balaban J connectivity index is 2.73. The Morgan fingerprint density at radius 3 is 1.76 bits per heavy atom. The smallest absolute Gasteiger partial charge is 0.0992 e. The molecule has 3 aromatic rings. The number of nitriles is 2. The van der Waals surface area contributed by atoms with Crippen LogP contribution in [-0.4, -0.2) is 4.98 Å². The van der Waals surface area contributed by atoms with Crippen LogP contribution in [0.3, 0.4) is 0 Å². The van der Waals surface area contributed by atoms with Crippen molar-refractivity contribution in [3.05, 3.63) is 47.4 Å². The molecule has 2 aromatic carbocycles. The monoisotopic (exact) mass is 223 g/mol. The van der Waals surface area contributed by atoms with E-state index >= 15 is 0 Å². The molecule has 0 spiro atoms. The largest absolute Gasteiger partial charge is 0.354 e. The van der Waals surface area contributed by atoms with Crippen molar-refractivity contribution in [2.45, 2.75) is 0 Å². The van der Waals surface area contributed by atoms with E-state index < -0.39 is 12.1 Å². The number of fused-ring (bicyclic) bond motifs is 3. The molecule has 0 fully saturated rings. The van der Waals surface area contributed by atoms with Crippen molar-refractivity contribution in [1.82, 2.24) is 4.98 Å². The lowest BCUT2D eigenvalue weighted by Gasteiger charge is -1.91. The minimum Gasteiger partial charge on any atom is -0.354 e. The van der Waals surface area contributed by atoms with Crippen LogP contribution in [0.4, 0.5) is 0 Å². The average Bonchev–Trinajstić information content (AvgIpc) is 2.93. The zero-order valence-corrected chi connectivity index (χ0v) is 8.39. The number of H-pyrrole nitrogens is 1. The van der Waals surface area contributed by atoms with Crippen molar-refractivity contribution in [1.29, 1.82) is 10.5 Å². The van der Waals surface area contributed by atoms with Gasteiger partial charge in [0.05, 0.1) is 31.5 Å². The normalized spacial score (nSPS) is 15.2. The molecule has 0 atom stereocenters. The number of hydrogen-bond acceptors (Lipinski definition) is 2. The van der Waals surface area contributed by atoms with Crippen LogP contribution in [0, 0.1) is 22.7 Å². The SMILES string of the molecule is [2H]c1c(C#N)c([2H])c2[nH]c3c([2H])c(C#N)c([2H])c([2H])c3c2c1[2H]. The van der Waals surface area contributed by atoms with Gasteiger partial charge in [-0.25, -0.2) is 0 Å². The van der Waals surface area contributed by atoms with Gasteiger partial charge < -0.3 is 4.98 Å². The first-order valence-corrected chi connectivity index (χ1v) is 4.70. The quantitative estimate of drug-likeness (QED) is 0.636. The molecule has 1 heterocycles. The summed E-state index contributed by atoms with van der Waals surface area (Å²) in [7, 11) is 0. The highest BCUT2D eigenvalue weighted by atomic mass is 14.7. The molecule has 0 amide bonds. The number of nitrogens with zero attached hydrogens (tertiary/aromatic N) is 2. The summed E-state index contributed by atoms with van der Waals surface area (Å²) in [5, 5.41) is 18.2. The Morgan fingerprint density at radius 2 is 1.35 bits per heavy atom. The zero-order chi connectivity index (χ0) is 17.0. The van der Waals surface area contributed by atoms with Crippen LogP contribution in [0.5, 0.6) is 0 Å². The third-order valence-corrected chi connectivity index (χ3v) is 2.35. The van der Waals surface area contributed by atoms with Crippen LogP contribution < -0.4 is 0 Å². The third kappa shape index (κ3) is 1.34. The summed E-state index contributed by atoms with van der Waals surface area (Å²) >= 11 is 0. The van der Waals surface area contributed by atoms with E-state index in [0.717, 1.165) is 0 Å². The highest BCUT2D eigenvalue weighted by Crippen LogP contribution is 2.26. The van der Waals surface area contributed by atoms with Crippen LogP contribution >= 0.6 is 0 Å². The maximum Gasteiger partial charge on any atom is 0.0992 e. The van der Waals surface area contributed by atoms with Gasteiger partial charge in [0, 0.05) is 21.8 Å². The topological polar surface area (TPSA) is 63.4 Å². The molecule has 1 N–H and O–H groups in total. The molecule has 3 nitrogen and oxygen atoms in total. The molecule has 0 aliphatic heterocycles. The molecule has 78 valence electrons. The van der Waals surface area contributed by atoms with Gasteiger partial charge in [0.15, 0.2) is 0 Å². The molecular formula is C14H7N3. The fourth-order valence-corrected chi connectivity index (χ4v) is 1.61. The Bertz CT molecular complexity index is 1010. The van der Waals surface area contributed by atoms with Gasteiger partial charge >= 0.3 is 0 Å². The minimum absolute atomic E-state index is 0.0467. The fourth-order valence-electron chi connectivity index (χ4n) is 1.61. The van der Waals surface area contributed by atoms with Gasteiger partial charge in [0.1, 0.15) is 0 Å². The zero-order valence-electron chi connectivity index (χ0n) is 14.4. The number of aromatic nitrogens is 1. The highest BCUT2D eigenvalue weighted by molar-refractivity contribution is 6.07. The van der Waals surface area contributed by atoms with E-state index in [-0.39, 0.29) is 57.1 Å². The summed E-state index contributed by atoms with van der Waals surface area (Å²) in [6.45, 7) is 0. The highest BCUT2D eigenvalue weighted by Gasteiger charge is 2.05. The Kier molecular flexibility index (Phi) is 0.996. The molecule has 17 heavy (non-hydrogen) atoms. The van der Waals surface area contributed by atoms with Crippen LogP contribution in [0.25, 0.3) is 21.8 Å². The first kappa shape index (κ1) is 5.03. The van der Waals surface area contributed by atoms with E-state index in [2.05, 4.69) is 4.98 Å². The lowest BCUT2D eigenvalue weighted by molar-refractivity contribution is 1.47. The van der Waals surface area contributed by atoms with E-state index in [0.29, 0.717) is 0 Å². The van der Waals surface area contributed by atoms with Crippen LogP contribution in [-0.2, 0) is 0 Å². The maximum atomic E-state index is 9.06. The molecule has 0 unspecified atom stereocenters. The second-order valence-corrected chi connectivity index (χ2v) is 3.35. The predicted molar refractivity (Wildman–Crippen MR) is 65.2 cm³/mol. The van der Waals surface area contributed by atoms with Crippen molar-refractivity contribution in [2.75, 3.05) is 0 Å². The Hall–Kier alpha value is -2.78. The first-order valence-electron chi connectivity index (χ1n) is 7.70. The average molecular weight is 223 g/mol. The van der Waals surface area contributed by atoms with Gasteiger partial charge in [0.2, 0.25) is 0 Å². The number of hydrogen-bond donors (Lipinski definition) is 1. The van der Waals surface area contributed by atoms with Gasteiger partial charge in [-0.2, -0.15) is 10.5 Å². The summed E-state index contributed by atoms with van der Waals surface area (Å²) in [6, 6.07) is 1.23. The fraction of sp³-hybridized carbons (Fsp3) is 0. The summed E-state index contributed by atoms with van der Waals surface area (Å²) in [5.74, 6) is 0. The van der Waals surface area contributed by atoms with Gasteiger partial charge in [-0.15, -0.1) is 0 Å². The van der Waals surface area contributed by atoms with E-state index in [9.17, 15) is 0 Å². The number of nitrogens with one attached hydrogen (secondary N) is 1. The molecule has 0 radical (unpaired) electrons. The van der Waals surface area contributed by atoms with Crippen molar-refractivity contribution >= 4 is 21.8 Å². The molecule has 1 aromatic heterocycles. The summed E-state index contributed by atoms with van der Waals surface area (Å²) in [6.07, 6.45) is 0. The molecule has 0 aliphatic rings. The van der Waals surface area contributed by atoms with Gasteiger partial charge in [-0.05, 0) is 24.2 Å². The second-order valence-electron chi connectivity index (χ2n) is 3.35. The maximum absolute atomic E-state index is 9.06. The molecule has 0 bridgehead atoms. The Morgan fingerprint density at radius 1 is 0.882 bits per heavy atom. The van der Waals surface area contributed by atoms with Crippen molar-refractivity contribution in [3.63, 3.8) is 0 Å². The molecule has 0 saturated heterocycles. The number of aromatic amines is 1. The van der Waals surface area contributed by atoms with E-state index in [1.807, 2.05) is 0 Å². The van der Waals surface area contributed by atoms with Gasteiger partial charge in [-0.1, -0.05) is 12.1 Å². The molecule has 3 rings (SSSR count). The van der Waals surface area contributed by atoms with Crippen molar-refractivity contribution in [3.8, 4) is 12.1 Å². The number of benzene rings is 2. The Labute approximate surface area is 106 Å². The molecule has 0 saturated carbocycles. The van der Waals surface area contributed by atoms with Crippen LogP contribution in [0.2, 0.25) is 0 Å². The van der Waals surface area contributed by atoms with Crippen molar-refractivity contribution in [2.24, 2.45) is 0 Å². The second kappa shape index (κ2) is 3.37. The number of rotatable bonds is 0. The molecular weight excluding hydrogens is 210 g/mol. The molecule has 0 aliphatic carbocycles. The third-order valence-electron chi connectivity index (χ3n) is 2.35. The van der Waals surface area contributed by atoms with Crippen LogP contribution in [0.1, 0.15) is 19.4 Å². The standard InChI is InChI=1S/C14H7N3/c15-7-9-1-3-11-12-4-2-10(8-16)6-14(12)17-13(11)5-9/h1-6,17H/i1D,2D,3D,4D,5D,6D. The lowest BCUT2D eigenvalue weighted by atomic mass is 10.1. The van der Waals surface area contributed by atoms with Gasteiger partial charge in [0.25, 0.3) is 0 Å². The van der Waals surface area contributed by atoms with E-state index in [1.54, 1.807) is 12.1 Å². The summed E-state index contributed by atoms with van der Waals surface area (Å²) < 4.78 is 47.8. The van der Waals surface area contributed by atoms with E-state index in [1.165, 1.54) is 0 Å². The van der Waals surface area contributed by atoms with Crippen molar-refractivity contribution < 1.29 is 8.22 Å². The van der Waals surface area contributed by atoms with Crippen LogP contribution in [0.15, 0.2) is 36.3 Å². The van der Waals surface area contributed by atoms with E-state index in [4.69, 9.17) is 18.7 Å². The minimum atomic E-state index is -0.437. The predicted octanol–water partition coefficient (Wildman–Crippen LogP) is 3.06.